The first-order chi connectivity index (χ1) is 15.2. The fourth-order valence-corrected chi connectivity index (χ4v) is 3.42. The molecular weight excluding hydrogens is 452 g/mol. The van der Waals surface area contributed by atoms with Crippen LogP contribution in [-0.4, -0.2) is 12.5 Å². The van der Waals surface area contributed by atoms with Crippen molar-refractivity contribution in [3.05, 3.63) is 106 Å². The third-order valence-electron chi connectivity index (χ3n) is 4.64. The van der Waals surface area contributed by atoms with Gasteiger partial charge in [0.25, 0.3) is 5.91 Å². The van der Waals surface area contributed by atoms with E-state index in [9.17, 15) is 10.1 Å². The number of ether oxygens (including phenoxy) is 1. The highest BCUT2D eigenvalue weighted by atomic mass is 79.9. The number of nitrogens with one attached hydrogen (secondary N) is 1. The first-order valence-corrected chi connectivity index (χ1v) is 10.8. The number of rotatable bonds is 9. The second-order valence-electron chi connectivity index (χ2n) is 6.97. The van der Waals surface area contributed by atoms with Crippen molar-refractivity contribution in [3.8, 4) is 11.8 Å². The Morgan fingerprint density at radius 2 is 1.68 bits per heavy atom. The van der Waals surface area contributed by atoms with Crippen LogP contribution in [0.2, 0.25) is 0 Å². The molecule has 3 rings (SSSR count). The Kier molecular flexibility index (Phi) is 8.45. The molecule has 0 saturated heterocycles. The molecule has 0 atom stereocenters. The lowest BCUT2D eigenvalue weighted by atomic mass is 10.1. The number of aryl methyl sites for hydroxylation is 1. The van der Waals surface area contributed by atoms with Gasteiger partial charge >= 0.3 is 0 Å². The number of benzene rings is 3. The van der Waals surface area contributed by atoms with Crippen LogP contribution >= 0.6 is 15.9 Å². The second kappa shape index (κ2) is 11.7. The number of nitrogens with zero attached hydrogens (tertiary/aromatic N) is 1. The number of hydrogen-bond donors (Lipinski definition) is 1. The van der Waals surface area contributed by atoms with Crippen molar-refractivity contribution >= 4 is 27.9 Å². The van der Waals surface area contributed by atoms with Crippen molar-refractivity contribution in [2.75, 3.05) is 6.54 Å². The van der Waals surface area contributed by atoms with E-state index in [1.54, 1.807) is 6.08 Å². The molecule has 0 heterocycles. The van der Waals surface area contributed by atoms with E-state index in [-0.39, 0.29) is 11.5 Å². The lowest BCUT2D eigenvalue weighted by Gasteiger charge is -2.11. The van der Waals surface area contributed by atoms with E-state index in [0.717, 1.165) is 22.9 Å². The zero-order valence-corrected chi connectivity index (χ0v) is 18.6. The topological polar surface area (TPSA) is 62.1 Å². The van der Waals surface area contributed by atoms with Gasteiger partial charge in [0.05, 0.1) is 0 Å². The first-order valence-electron chi connectivity index (χ1n) is 10.1. The maximum atomic E-state index is 12.5. The normalized spacial score (nSPS) is 10.9. The number of carbonyl (C=O) groups is 1. The van der Waals surface area contributed by atoms with E-state index in [1.807, 2.05) is 72.8 Å². The van der Waals surface area contributed by atoms with Crippen molar-refractivity contribution in [1.82, 2.24) is 5.32 Å². The molecule has 3 aromatic rings. The molecule has 0 aromatic heterocycles. The second-order valence-corrected chi connectivity index (χ2v) is 7.89. The molecule has 0 radical (unpaired) electrons. The van der Waals surface area contributed by atoms with Gasteiger partial charge in [0, 0.05) is 16.6 Å². The van der Waals surface area contributed by atoms with Crippen molar-refractivity contribution in [2.45, 2.75) is 19.4 Å². The molecule has 0 aliphatic carbocycles. The molecule has 0 spiro atoms. The van der Waals surface area contributed by atoms with Gasteiger partial charge in [0.1, 0.15) is 24.0 Å². The number of carbonyl (C=O) groups excluding carboxylic acids is 1. The third kappa shape index (κ3) is 7.13. The molecule has 1 amide bonds. The van der Waals surface area contributed by atoms with Gasteiger partial charge in [0.15, 0.2) is 0 Å². The minimum atomic E-state index is -0.385. The van der Waals surface area contributed by atoms with E-state index in [1.165, 1.54) is 5.56 Å². The summed E-state index contributed by atoms with van der Waals surface area (Å²) in [6.07, 6.45) is 3.24. The molecule has 0 saturated carbocycles. The molecule has 0 unspecified atom stereocenters. The number of halogens is 1. The maximum absolute atomic E-state index is 12.5. The summed E-state index contributed by atoms with van der Waals surface area (Å²) in [5.41, 5.74) is 2.97. The van der Waals surface area contributed by atoms with Crippen LogP contribution in [0.5, 0.6) is 5.75 Å². The van der Waals surface area contributed by atoms with Crippen molar-refractivity contribution in [2.24, 2.45) is 0 Å². The van der Waals surface area contributed by atoms with Crippen LogP contribution in [0.25, 0.3) is 6.08 Å². The average molecular weight is 475 g/mol. The van der Waals surface area contributed by atoms with Crippen LogP contribution < -0.4 is 10.1 Å². The maximum Gasteiger partial charge on any atom is 0.261 e. The molecule has 3 aromatic carbocycles. The molecule has 31 heavy (non-hydrogen) atoms. The molecule has 0 aliphatic rings. The Bertz CT molecular complexity index is 1070. The van der Waals surface area contributed by atoms with E-state index in [4.69, 9.17) is 4.74 Å². The number of nitriles is 1. The van der Waals surface area contributed by atoms with Crippen molar-refractivity contribution in [3.63, 3.8) is 0 Å². The number of amides is 1. The zero-order valence-electron chi connectivity index (χ0n) is 17.1. The summed E-state index contributed by atoms with van der Waals surface area (Å²) in [6.45, 7) is 0.902. The Morgan fingerprint density at radius 1 is 1.00 bits per heavy atom. The Balaban J connectivity index is 1.64. The Labute approximate surface area is 191 Å². The Morgan fingerprint density at radius 3 is 2.35 bits per heavy atom. The highest BCUT2D eigenvalue weighted by molar-refractivity contribution is 9.10. The standard InChI is InChI=1S/C26H23BrN2O2/c27-24-13-14-25(31-19-21-10-5-2-6-11-21)22(17-24)16-23(18-28)26(30)29-15-7-12-20-8-3-1-4-9-20/h1-6,8-11,13-14,16-17H,7,12,15,19H2,(H,29,30)/b23-16-. The first kappa shape index (κ1) is 22.3. The van der Waals surface area contributed by atoms with Crippen LogP contribution in [0.15, 0.2) is 88.9 Å². The lowest BCUT2D eigenvalue weighted by Crippen LogP contribution is -2.25. The van der Waals surface area contributed by atoms with Crippen molar-refractivity contribution in [1.29, 1.82) is 5.26 Å². The predicted octanol–water partition coefficient (Wildman–Crippen LogP) is 5.68. The monoisotopic (exact) mass is 474 g/mol. The van der Waals surface area contributed by atoms with Crippen LogP contribution in [0.1, 0.15) is 23.1 Å². The fourth-order valence-electron chi connectivity index (χ4n) is 3.04. The van der Waals surface area contributed by atoms with Crippen LogP contribution in [0.4, 0.5) is 0 Å². The van der Waals surface area contributed by atoms with E-state index < -0.39 is 0 Å². The molecule has 1 N–H and O–H groups in total. The summed E-state index contributed by atoms with van der Waals surface area (Å²) in [6, 6.07) is 27.5. The highest BCUT2D eigenvalue weighted by Gasteiger charge is 2.11. The third-order valence-corrected chi connectivity index (χ3v) is 5.14. The molecule has 0 fully saturated rings. The molecule has 0 aliphatic heterocycles. The summed E-state index contributed by atoms with van der Waals surface area (Å²) < 4.78 is 6.78. The zero-order chi connectivity index (χ0) is 21.9. The van der Waals surface area contributed by atoms with Gasteiger partial charge < -0.3 is 10.1 Å². The predicted molar refractivity (Wildman–Crippen MR) is 126 cm³/mol. The van der Waals surface area contributed by atoms with Gasteiger partial charge in [-0.15, -0.1) is 0 Å². The molecule has 4 nitrogen and oxygen atoms in total. The van der Waals surface area contributed by atoms with Gasteiger partial charge in [-0.2, -0.15) is 5.26 Å². The van der Waals surface area contributed by atoms with Crippen molar-refractivity contribution < 1.29 is 9.53 Å². The fraction of sp³-hybridized carbons (Fsp3) is 0.154. The van der Waals surface area contributed by atoms with E-state index >= 15 is 0 Å². The number of hydrogen-bond acceptors (Lipinski definition) is 3. The minimum Gasteiger partial charge on any atom is -0.488 e. The SMILES string of the molecule is N#C/C(=C/c1cc(Br)ccc1OCc1ccccc1)C(=O)NCCCc1ccccc1. The van der Waals surface area contributed by atoms with Gasteiger partial charge in [-0.3, -0.25) is 4.79 Å². The van der Waals surface area contributed by atoms with Gasteiger partial charge in [0.2, 0.25) is 0 Å². The van der Waals surface area contributed by atoms with E-state index in [2.05, 4.69) is 33.4 Å². The molecular formula is C26H23BrN2O2. The summed E-state index contributed by atoms with van der Waals surface area (Å²) in [5.74, 6) is 0.223. The molecule has 0 bridgehead atoms. The largest absolute Gasteiger partial charge is 0.488 e. The van der Waals surface area contributed by atoms with E-state index in [0.29, 0.717) is 24.5 Å². The van der Waals surface area contributed by atoms with Gasteiger partial charge in [-0.1, -0.05) is 76.6 Å². The smallest absolute Gasteiger partial charge is 0.261 e. The Hall–Kier alpha value is -3.36. The minimum absolute atomic E-state index is 0.0439. The van der Waals surface area contributed by atoms with Crippen LogP contribution in [-0.2, 0) is 17.8 Å². The summed E-state index contributed by atoms with van der Waals surface area (Å²) in [4.78, 5) is 12.5. The molecule has 156 valence electrons. The van der Waals surface area contributed by atoms with Gasteiger partial charge in [-0.25, -0.2) is 0 Å². The molecule has 5 heteroatoms. The summed E-state index contributed by atoms with van der Waals surface area (Å²) in [7, 11) is 0. The highest BCUT2D eigenvalue weighted by Crippen LogP contribution is 2.26. The van der Waals surface area contributed by atoms with Crippen LogP contribution in [0.3, 0.4) is 0 Å². The average Bonchev–Trinajstić information content (AvgIpc) is 2.81. The summed E-state index contributed by atoms with van der Waals surface area (Å²) >= 11 is 3.45. The quantitative estimate of drug-likeness (QED) is 0.246. The van der Waals surface area contributed by atoms with Crippen LogP contribution in [0, 0.1) is 11.3 Å². The van der Waals surface area contributed by atoms with Gasteiger partial charge in [-0.05, 0) is 48.2 Å². The summed E-state index contributed by atoms with van der Waals surface area (Å²) in [5, 5.41) is 12.4. The lowest BCUT2D eigenvalue weighted by molar-refractivity contribution is -0.117.